The molecule has 1 amide bonds. The van der Waals surface area contributed by atoms with Crippen LogP contribution in [0, 0.1) is 6.92 Å². The summed E-state index contributed by atoms with van der Waals surface area (Å²) in [4.78, 5) is 39.5. The molecule has 0 fully saturated rings. The summed E-state index contributed by atoms with van der Waals surface area (Å²) in [6.07, 6.45) is 0. The standard InChI is InChI=1S/C19H19N3O3S/c1-13-6-8-14(9-7-13)26-11-10-20-17(23)12-22-16-5-3-2-4-15(16)18(24)21-19(22)25/h2-9H,10-12H2,1H3,(H,20,23)(H,21,24,25). The largest absolute Gasteiger partial charge is 0.354 e. The van der Waals surface area contributed by atoms with E-state index in [4.69, 9.17) is 0 Å². The van der Waals surface area contributed by atoms with Gasteiger partial charge in [0.25, 0.3) is 5.56 Å². The van der Waals surface area contributed by atoms with Crippen LogP contribution >= 0.6 is 11.8 Å². The van der Waals surface area contributed by atoms with Crippen LogP contribution in [-0.4, -0.2) is 27.8 Å². The number of hydrogen-bond acceptors (Lipinski definition) is 4. The number of amides is 1. The molecular formula is C19H19N3O3S. The lowest BCUT2D eigenvalue weighted by atomic mass is 10.2. The number of nitrogens with zero attached hydrogens (tertiary/aromatic N) is 1. The molecule has 26 heavy (non-hydrogen) atoms. The van der Waals surface area contributed by atoms with Gasteiger partial charge in [0.1, 0.15) is 6.54 Å². The molecule has 0 aliphatic heterocycles. The van der Waals surface area contributed by atoms with Crippen LogP contribution in [0.3, 0.4) is 0 Å². The number of benzene rings is 2. The highest BCUT2D eigenvalue weighted by atomic mass is 32.2. The van der Waals surface area contributed by atoms with Gasteiger partial charge in [0, 0.05) is 17.2 Å². The average molecular weight is 369 g/mol. The maximum Gasteiger partial charge on any atom is 0.329 e. The van der Waals surface area contributed by atoms with E-state index in [0.29, 0.717) is 17.4 Å². The Hall–Kier alpha value is -2.80. The van der Waals surface area contributed by atoms with Crippen molar-refractivity contribution >= 4 is 28.6 Å². The quantitative estimate of drug-likeness (QED) is 0.513. The Balaban J connectivity index is 1.60. The average Bonchev–Trinajstić information content (AvgIpc) is 2.64. The Kier molecular flexibility index (Phi) is 5.58. The van der Waals surface area contributed by atoms with Crippen molar-refractivity contribution in [2.75, 3.05) is 12.3 Å². The Labute approximate surface area is 154 Å². The van der Waals surface area contributed by atoms with Gasteiger partial charge in [0.15, 0.2) is 0 Å². The zero-order chi connectivity index (χ0) is 18.5. The third-order valence-electron chi connectivity index (χ3n) is 3.92. The van der Waals surface area contributed by atoms with Gasteiger partial charge in [-0.25, -0.2) is 4.79 Å². The van der Waals surface area contributed by atoms with Crippen molar-refractivity contribution in [2.45, 2.75) is 18.4 Å². The van der Waals surface area contributed by atoms with Crippen molar-refractivity contribution in [1.29, 1.82) is 0 Å². The number of aromatic amines is 1. The van der Waals surface area contributed by atoms with Crippen molar-refractivity contribution in [3.05, 3.63) is 74.9 Å². The number of aryl methyl sites for hydroxylation is 1. The number of carbonyl (C=O) groups excluding carboxylic acids is 1. The van der Waals surface area contributed by atoms with E-state index in [0.717, 1.165) is 10.6 Å². The lowest BCUT2D eigenvalue weighted by Gasteiger charge is -2.10. The third-order valence-corrected chi connectivity index (χ3v) is 4.93. The fraction of sp³-hybridized carbons (Fsp3) is 0.211. The topological polar surface area (TPSA) is 84.0 Å². The van der Waals surface area contributed by atoms with E-state index in [1.165, 1.54) is 10.1 Å². The first-order valence-electron chi connectivity index (χ1n) is 8.22. The summed E-state index contributed by atoms with van der Waals surface area (Å²) in [6, 6.07) is 14.9. The summed E-state index contributed by atoms with van der Waals surface area (Å²) < 4.78 is 1.28. The molecule has 1 aromatic heterocycles. The molecule has 3 rings (SSSR count). The predicted octanol–water partition coefficient (Wildman–Crippen LogP) is 1.91. The fourth-order valence-corrected chi connectivity index (χ4v) is 3.36. The van der Waals surface area contributed by atoms with Gasteiger partial charge in [-0.3, -0.25) is 19.1 Å². The molecule has 0 bridgehead atoms. The molecular weight excluding hydrogens is 350 g/mol. The number of aromatic nitrogens is 2. The molecule has 0 saturated carbocycles. The van der Waals surface area contributed by atoms with Crippen molar-refractivity contribution in [1.82, 2.24) is 14.9 Å². The van der Waals surface area contributed by atoms with Crippen LogP contribution in [0.15, 0.2) is 63.0 Å². The zero-order valence-corrected chi connectivity index (χ0v) is 15.1. The number of rotatable bonds is 6. The second kappa shape index (κ2) is 8.05. The van der Waals surface area contributed by atoms with E-state index >= 15 is 0 Å². The van der Waals surface area contributed by atoms with Crippen LogP contribution in [0.4, 0.5) is 0 Å². The summed E-state index contributed by atoms with van der Waals surface area (Å²) in [7, 11) is 0. The Morgan fingerprint density at radius 3 is 2.62 bits per heavy atom. The Morgan fingerprint density at radius 1 is 1.12 bits per heavy atom. The lowest BCUT2D eigenvalue weighted by Crippen LogP contribution is -2.37. The van der Waals surface area contributed by atoms with Gasteiger partial charge in [0.05, 0.1) is 10.9 Å². The molecule has 7 heteroatoms. The lowest BCUT2D eigenvalue weighted by molar-refractivity contribution is -0.121. The second-order valence-corrected chi connectivity index (χ2v) is 7.04. The molecule has 2 N–H and O–H groups in total. The first kappa shape index (κ1) is 18.0. The zero-order valence-electron chi connectivity index (χ0n) is 14.3. The molecule has 134 valence electrons. The van der Waals surface area contributed by atoms with Gasteiger partial charge in [-0.2, -0.15) is 0 Å². The number of carbonyl (C=O) groups is 1. The van der Waals surface area contributed by atoms with Gasteiger partial charge in [-0.05, 0) is 31.2 Å². The predicted molar refractivity (Wildman–Crippen MR) is 104 cm³/mol. The van der Waals surface area contributed by atoms with Crippen LogP contribution in [0.2, 0.25) is 0 Å². The van der Waals surface area contributed by atoms with Crippen molar-refractivity contribution in [3.8, 4) is 0 Å². The number of H-pyrrole nitrogens is 1. The van der Waals surface area contributed by atoms with Crippen molar-refractivity contribution in [3.63, 3.8) is 0 Å². The molecule has 2 aromatic carbocycles. The first-order valence-corrected chi connectivity index (χ1v) is 9.21. The maximum absolute atomic E-state index is 12.2. The highest BCUT2D eigenvalue weighted by Gasteiger charge is 2.10. The SMILES string of the molecule is Cc1ccc(SCCNC(=O)Cn2c(=O)[nH]c(=O)c3ccccc32)cc1. The van der Waals surface area contributed by atoms with Gasteiger partial charge in [-0.15, -0.1) is 11.8 Å². The molecule has 1 heterocycles. The first-order chi connectivity index (χ1) is 12.5. The van der Waals surface area contributed by atoms with Crippen LogP contribution in [0.5, 0.6) is 0 Å². The molecule has 0 aliphatic carbocycles. The van der Waals surface area contributed by atoms with Gasteiger partial charge in [0.2, 0.25) is 5.91 Å². The molecule has 0 unspecified atom stereocenters. The summed E-state index contributed by atoms with van der Waals surface area (Å²) in [5, 5.41) is 3.19. The number of hydrogen-bond donors (Lipinski definition) is 2. The maximum atomic E-state index is 12.2. The van der Waals surface area contributed by atoms with Gasteiger partial charge in [-0.1, -0.05) is 29.8 Å². The van der Waals surface area contributed by atoms with E-state index in [1.54, 1.807) is 36.0 Å². The Morgan fingerprint density at radius 2 is 1.85 bits per heavy atom. The minimum Gasteiger partial charge on any atom is -0.354 e. The van der Waals surface area contributed by atoms with Crippen molar-refractivity contribution in [2.24, 2.45) is 0 Å². The highest BCUT2D eigenvalue weighted by molar-refractivity contribution is 7.99. The normalized spacial score (nSPS) is 10.8. The van der Waals surface area contributed by atoms with Crippen LogP contribution < -0.4 is 16.6 Å². The molecule has 0 atom stereocenters. The smallest absolute Gasteiger partial charge is 0.329 e. The van der Waals surface area contributed by atoms with Crippen LogP contribution in [0.1, 0.15) is 5.56 Å². The Bertz CT molecular complexity index is 1040. The summed E-state index contributed by atoms with van der Waals surface area (Å²) >= 11 is 1.65. The number of para-hydroxylation sites is 1. The van der Waals surface area contributed by atoms with Gasteiger partial charge < -0.3 is 5.32 Å². The molecule has 0 radical (unpaired) electrons. The monoisotopic (exact) mass is 369 g/mol. The number of fused-ring (bicyclic) bond motifs is 1. The molecule has 0 aliphatic rings. The number of nitrogens with one attached hydrogen (secondary N) is 2. The van der Waals surface area contributed by atoms with Crippen LogP contribution in [0.25, 0.3) is 10.9 Å². The summed E-state index contributed by atoms with van der Waals surface area (Å²) in [5.41, 5.74) is 0.626. The van der Waals surface area contributed by atoms with E-state index in [-0.39, 0.29) is 12.5 Å². The van der Waals surface area contributed by atoms with E-state index < -0.39 is 11.2 Å². The van der Waals surface area contributed by atoms with E-state index in [2.05, 4.69) is 22.4 Å². The second-order valence-electron chi connectivity index (χ2n) is 5.87. The van der Waals surface area contributed by atoms with E-state index in [9.17, 15) is 14.4 Å². The molecule has 3 aromatic rings. The van der Waals surface area contributed by atoms with Crippen LogP contribution in [-0.2, 0) is 11.3 Å². The highest BCUT2D eigenvalue weighted by Crippen LogP contribution is 2.17. The molecule has 6 nitrogen and oxygen atoms in total. The van der Waals surface area contributed by atoms with E-state index in [1.807, 2.05) is 19.1 Å². The number of thioether (sulfide) groups is 1. The van der Waals surface area contributed by atoms with Crippen molar-refractivity contribution < 1.29 is 4.79 Å². The minimum atomic E-state index is -0.585. The molecule has 0 spiro atoms. The van der Waals surface area contributed by atoms with Gasteiger partial charge >= 0.3 is 5.69 Å². The summed E-state index contributed by atoms with van der Waals surface area (Å²) in [6.45, 7) is 2.40. The third kappa shape index (κ3) is 4.23. The fourth-order valence-electron chi connectivity index (χ4n) is 2.59. The summed E-state index contributed by atoms with van der Waals surface area (Å²) in [5.74, 6) is 0.463. The molecule has 0 saturated heterocycles. The minimum absolute atomic E-state index is 0.134.